The molecule has 0 radical (unpaired) electrons. The molecule has 0 spiro atoms. The number of hydrogen-bond donors (Lipinski definition) is 0. The van der Waals surface area contributed by atoms with Crippen LogP contribution in [0.1, 0.15) is 17.3 Å². The number of carbonyl (C=O) groups is 1. The Balaban J connectivity index is 2.06. The monoisotopic (exact) mass is 283 g/mol. The molecular weight excluding hydrogens is 270 g/mol. The highest BCUT2D eigenvalue weighted by atomic mass is 32.1. The largest absolute Gasteiger partial charge is 0.306 e. The van der Waals surface area contributed by atoms with E-state index >= 15 is 0 Å². The first-order valence-corrected chi connectivity index (χ1v) is 7.23. The standard InChI is InChI=1S/C15H13N3OS/c1-2-18(15(19)11-5-4-8-16-9-11)12-6-3-7-13-14(12)17-10-20-13/h3-10H,2H2,1H3. The molecule has 0 bridgehead atoms. The van der Waals surface area contributed by atoms with E-state index in [1.54, 1.807) is 46.3 Å². The minimum Gasteiger partial charge on any atom is -0.306 e. The lowest BCUT2D eigenvalue weighted by molar-refractivity contribution is 0.0988. The number of thiazole rings is 1. The van der Waals surface area contributed by atoms with Gasteiger partial charge in [0.15, 0.2) is 0 Å². The molecule has 0 N–H and O–H groups in total. The van der Waals surface area contributed by atoms with E-state index in [0.29, 0.717) is 12.1 Å². The molecule has 0 aliphatic rings. The lowest BCUT2D eigenvalue weighted by atomic mass is 10.2. The van der Waals surface area contributed by atoms with Gasteiger partial charge in [-0.1, -0.05) is 6.07 Å². The van der Waals surface area contributed by atoms with Gasteiger partial charge in [0.05, 0.1) is 21.5 Å². The molecule has 0 fully saturated rings. The first kappa shape index (κ1) is 12.7. The maximum atomic E-state index is 12.6. The van der Waals surface area contributed by atoms with Crippen molar-refractivity contribution in [2.75, 3.05) is 11.4 Å². The first-order valence-electron chi connectivity index (χ1n) is 6.35. The highest BCUT2D eigenvalue weighted by Gasteiger charge is 2.19. The maximum absolute atomic E-state index is 12.6. The topological polar surface area (TPSA) is 46.1 Å². The van der Waals surface area contributed by atoms with Crippen LogP contribution in [0.25, 0.3) is 10.2 Å². The van der Waals surface area contributed by atoms with Gasteiger partial charge in [0.25, 0.3) is 5.91 Å². The van der Waals surface area contributed by atoms with Gasteiger partial charge in [-0.2, -0.15) is 0 Å². The fourth-order valence-corrected chi connectivity index (χ4v) is 2.86. The first-order chi connectivity index (χ1) is 9.81. The van der Waals surface area contributed by atoms with Crippen LogP contribution < -0.4 is 4.90 Å². The maximum Gasteiger partial charge on any atom is 0.259 e. The van der Waals surface area contributed by atoms with Crippen LogP contribution >= 0.6 is 11.3 Å². The highest BCUT2D eigenvalue weighted by Crippen LogP contribution is 2.28. The van der Waals surface area contributed by atoms with Gasteiger partial charge in [0.1, 0.15) is 5.52 Å². The van der Waals surface area contributed by atoms with Gasteiger partial charge in [-0.3, -0.25) is 9.78 Å². The van der Waals surface area contributed by atoms with E-state index in [2.05, 4.69) is 9.97 Å². The zero-order valence-electron chi connectivity index (χ0n) is 11.0. The Bertz CT molecular complexity index is 739. The molecule has 0 saturated heterocycles. The minimum absolute atomic E-state index is 0.0545. The summed E-state index contributed by atoms with van der Waals surface area (Å²) in [6.45, 7) is 2.55. The predicted octanol–water partition coefficient (Wildman–Crippen LogP) is 3.36. The number of fused-ring (bicyclic) bond motifs is 1. The Morgan fingerprint density at radius 3 is 2.95 bits per heavy atom. The normalized spacial score (nSPS) is 10.7. The van der Waals surface area contributed by atoms with Gasteiger partial charge in [0.2, 0.25) is 0 Å². The second-order valence-corrected chi connectivity index (χ2v) is 5.15. The van der Waals surface area contributed by atoms with Crippen LogP contribution in [0.5, 0.6) is 0 Å². The molecule has 3 rings (SSSR count). The van der Waals surface area contributed by atoms with Crippen molar-refractivity contribution in [1.29, 1.82) is 0 Å². The third kappa shape index (κ3) is 2.16. The SMILES string of the molecule is CCN(C(=O)c1cccnc1)c1cccc2scnc12. The molecule has 2 aromatic heterocycles. The van der Waals surface area contributed by atoms with Gasteiger partial charge in [-0.25, -0.2) is 4.98 Å². The average molecular weight is 283 g/mol. The Kier molecular flexibility index (Phi) is 3.43. The van der Waals surface area contributed by atoms with Crippen molar-refractivity contribution in [3.05, 3.63) is 53.8 Å². The van der Waals surface area contributed by atoms with E-state index in [9.17, 15) is 4.79 Å². The van der Waals surface area contributed by atoms with Crippen molar-refractivity contribution >= 4 is 33.1 Å². The van der Waals surface area contributed by atoms with Crippen molar-refractivity contribution in [2.24, 2.45) is 0 Å². The molecule has 1 aromatic carbocycles. The summed E-state index contributed by atoms with van der Waals surface area (Å²) in [7, 11) is 0. The number of benzene rings is 1. The van der Waals surface area contributed by atoms with Crippen LogP contribution in [0.15, 0.2) is 48.2 Å². The van der Waals surface area contributed by atoms with Crippen LogP contribution in [0.2, 0.25) is 0 Å². The molecule has 0 saturated carbocycles. The van der Waals surface area contributed by atoms with Gasteiger partial charge in [-0.15, -0.1) is 11.3 Å². The molecule has 0 atom stereocenters. The number of hydrogen-bond acceptors (Lipinski definition) is 4. The number of para-hydroxylation sites is 1. The summed E-state index contributed by atoms with van der Waals surface area (Å²) in [5, 5.41) is 0. The Labute approximate surface area is 120 Å². The number of pyridine rings is 1. The molecule has 4 nitrogen and oxygen atoms in total. The summed E-state index contributed by atoms with van der Waals surface area (Å²) in [6, 6.07) is 9.44. The van der Waals surface area contributed by atoms with Crippen molar-refractivity contribution in [3.8, 4) is 0 Å². The Hall–Kier alpha value is -2.27. The number of amides is 1. The number of nitrogens with zero attached hydrogens (tertiary/aromatic N) is 3. The summed E-state index contributed by atoms with van der Waals surface area (Å²) in [5.41, 5.74) is 4.11. The fourth-order valence-electron chi connectivity index (χ4n) is 2.16. The lowest BCUT2D eigenvalue weighted by Gasteiger charge is -2.21. The van der Waals surface area contributed by atoms with Crippen molar-refractivity contribution in [3.63, 3.8) is 0 Å². The molecule has 5 heteroatoms. The van der Waals surface area contributed by atoms with Crippen molar-refractivity contribution in [2.45, 2.75) is 6.92 Å². The summed E-state index contributed by atoms with van der Waals surface area (Å²) in [4.78, 5) is 22.7. The molecule has 100 valence electrons. The smallest absolute Gasteiger partial charge is 0.259 e. The summed E-state index contributed by atoms with van der Waals surface area (Å²) in [5.74, 6) is -0.0545. The number of carbonyl (C=O) groups excluding carboxylic acids is 1. The predicted molar refractivity (Wildman–Crippen MR) is 81.2 cm³/mol. The molecule has 20 heavy (non-hydrogen) atoms. The van der Waals surface area contributed by atoms with Gasteiger partial charge < -0.3 is 4.90 Å². The summed E-state index contributed by atoms with van der Waals surface area (Å²) < 4.78 is 1.08. The number of anilines is 1. The zero-order valence-corrected chi connectivity index (χ0v) is 11.8. The molecular formula is C15H13N3OS. The van der Waals surface area contributed by atoms with Crippen LogP contribution in [-0.2, 0) is 0 Å². The minimum atomic E-state index is -0.0545. The van der Waals surface area contributed by atoms with Crippen LogP contribution in [0, 0.1) is 0 Å². The zero-order chi connectivity index (χ0) is 13.9. The van der Waals surface area contributed by atoms with E-state index in [1.165, 1.54) is 0 Å². The molecule has 0 aliphatic carbocycles. The van der Waals surface area contributed by atoms with E-state index in [-0.39, 0.29) is 5.91 Å². The van der Waals surface area contributed by atoms with E-state index < -0.39 is 0 Å². The fraction of sp³-hybridized carbons (Fsp3) is 0.133. The van der Waals surface area contributed by atoms with Crippen molar-refractivity contribution in [1.82, 2.24) is 9.97 Å². The van der Waals surface area contributed by atoms with Gasteiger partial charge >= 0.3 is 0 Å². The van der Waals surface area contributed by atoms with Crippen LogP contribution in [-0.4, -0.2) is 22.4 Å². The number of aromatic nitrogens is 2. The second-order valence-electron chi connectivity index (χ2n) is 4.27. The van der Waals surface area contributed by atoms with Crippen molar-refractivity contribution < 1.29 is 4.79 Å². The van der Waals surface area contributed by atoms with E-state index in [4.69, 9.17) is 0 Å². The molecule has 0 aliphatic heterocycles. The van der Waals surface area contributed by atoms with Crippen LogP contribution in [0.3, 0.4) is 0 Å². The van der Waals surface area contributed by atoms with Gasteiger partial charge in [0, 0.05) is 18.9 Å². The third-order valence-corrected chi connectivity index (χ3v) is 3.89. The highest BCUT2D eigenvalue weighted by molar-refractivity contribution is 7.16. The van der Waals surface area contributed by atoms with E-state index in [0.717, 1.165) is 15.9 Å². The van der Waals surface area contributed by atoms with E-state index in [1.807, 2.05) is 25.1 Å². The molecule has 0 unspecified atom stereocenters. The van der Waals surface area contributed by atoms with Gasteiger partial charge in [-0.05, 0) is 31.2 Å². The average Bonchev–Trinajstić information content (AvgIpc) is 2.98. The molecule has 2 heterocycles. The second kappa shape index (κ2) is 5.38. The lowest BCUT2D eigenvalue weighted by Crippen LogP contribution is -2.30. The third-order valence-electron chi connectivity index (χ3n) is 3.10. The van der Waals surface area contributed by atoms with Crippen LogP contribution in [0.4, 0.5) is 5.69 Å². The number of rotatable bonds is 3. The summed E-state index contributed by atoms with van der Waals surface area (Å²) >= 11 is 1.58. The quantitative estimate of drug-likeness (QED) is 0.740. The summed E-state index contributed by atoms with van der Waals surface area (Å²) in [6.07, 6.45) is 3.25. The Morgan fingerprint density at radius 2 is 2.20 bits per heavy atom. The Morgan fingerprint density at radius 1 is 1.30 bits per heavy atom. The molecule has 1 amide bonds. The molecule has 3 aromatic rings.